The summed E-state index contributed by atoms with van der Waals surface area (Å²) in [6.07, 6.45) is 0.831. The smallest absolute Gasteiger partial charge is 0.242 e. The molecule has 2 rings (SSSR count). The van der Waals surface area contributed by atoms with Gasteiger partial charge < -0.3 is 10.2 Å². The molecule has 0 fully saturated rings. The molecule has 168 valence electrons. The molecule has 0 aromatic heterocycles. The average Bonchev–Trinajstić information content (AvgIpc) is 2.73. The normalized spacial score (nSPS) is 12.8. The quantitative estimate of drug-likeness (QED) is 0.380. The van der Waals surface area contributed by atoms with Crippen molar-refractivity contribution in [2.75, 3.05) is 5.75 Å². The van der Waals surface area contributed by atoms with Crippen LogP contribution in [0.2, 0.25) is 10.0 Å². The first-order valence-electron chi connectivity index (χ1n) is 10.1. The molecule has 1 N–H and O–H groups in total. The molecule has 0 saturated carbocycles. The van der Waals surface area contributed by atoms with Gasteiger partial charge in [-0.3, -0.25) is 9.59 Å². The maximum atomic E-state index is 13.1. The van der Waals surface area contributed by atoms with Gasteiger partial charge in [0.05, 0.1) is 15.8 Å². The van der Waals surface area contributed by atoms with Gasteiger partial charge >= 0.3 is 0 Å². The SMILES string of the molecule is CC[C@H](C)NC(=O)[C@H](C)N(Cc1cccc(Br)c1)C(=O)CSCc1ccc(Cl)c(Cl)c1. The second-order valence-corrected chi connectivity index (χ2v) is 10.1. The number of thioether (sulfide) groups is 1. The summed E-state index contributed by atoms with van der Waals surface area (Å²) < 4.78 is 0.933. The van der Waals surface area contributed by atoms with E-state index in [0.29, 0.717) is 22.3 Å². The van der Waals surface area contributed by atoms with Gasteiger partial charge in [-0.2, -0.15) is 0 Å². The largest absolute Gasteiger partial charge is 0.352 e. The second-order valence-electron chi connectivity index (χ2n) is 7.39. The molecule has 0 aliphatic heterocycles. The van der Waals surface area contributed by atoms with Gasteiger partial charge in [-0.1, -0.05) is 64.3 Å². The third-order valence-electron chi connectivity index (χ3n) is 4.89. The van der Waals surface area contributed by atoms with E-state index in [1.165, 1.54) is 11.8 Å². The summed E-state index contributed by atoms with van der Waals surface area (Å²) in [6, 6.07) is 12.7. The maximum Gasteiger partial charge on any atom is 0.242 e. The van der Waals surface area contributed by atoms with Crippen molar-refractivity contribution in [2.24, 2.45) is 0 Å². The van der Waals surface area contributed by atoms with Gasteiger partial charge in [0, 0.05) is 22.8 Å². The van der Waals surface area contributed by atoms with E-state index in [0.717, 1.165) is 22.0 Å². The summed E-state index contributed by atoms with van der Waals surface area (Å²) in [7, 11) is 0. The van der Waals surface area contributed by atoms with Gasteiger partial charge in [-0.15, -0.1) is 11.8 Å². The van der Waals surface area contributed by atoms with Crippen LogP contribution in [0.4, 0.5) is 0 Å². The lowest BCUT2D eigenvalue weighted by Crippen LogP contribution is -2.50. The van der Waals surface area contributed by atoms with Crippen molar-refractivity contribution in [3.63, 3.8) is 0 Å². The molecule has 0 saturated heterocycles. The number of carbonyl (C=O) groups excluding carboxylic acids is 2. The van der Waals surface area contributed by atoms with Crippen molar-refractivity contribution in [3.8, 4) is 0 Å². The van der Waals surface area contributed by atoms with Crippen LogP contribution in [0.1, 0.15) is 38.3 Å². The number of carbonyl (C=O) groups is 2. The summed E-state index contributed by atoms with van der Waals surface area (Å²) in [5.41, 5.74) is 1.95. The lowest BCUT2D eigenvalue weighted by Gasteiger charge is -2.29. The Bertz CT molecular complexity index is 913. The summed E-state index contributed by atoms with van der Waals surface area (Å²) in [4.78, 5) is 27.5. The number of nitrogens with zero attached hydrogens (tertiary/aromatic N) is 1. The van der Waals surface area contributed by atoms with Crippen LogP contribution in [0, 0.1) is 0 Å². The van der Waals surface area contributed by atoms with Crippen LogP contribution in [0.25, 0.3) is 0 Å². The molecule has 2 aromatic carbocycles. The van der Waals surface area contributed by atoms with E-state index >= 15 is 0 Å². The third kappa shape index (κ3) is 8.33. The molecule has 0 spiro atoms. The van der Waals surface area contributed by atoms with Crippen molar-refractivity contribution >= 4 is 62.7 Å². The molecule has 2 atom stereocenters. The number of hydrogen-bond acceptors (Lipinski definition) is 3. The molecule has 31 heavy (non-hydrogen) atoms. The summed E-state index contributed by atoms with van der Waals surface area (Å²) in [6.45, 7) is 6.11. The standard InChI is InChI=1S/C23H27BrCl2N2O2S/c1-4-15(2)27-23(30)16(3)28(12-17-6-5-7-19(24)10-17)22(29)14-31-13-18-8-9-20(25)21(26)11-18/h5-11,15-16H,4,12-14H2,1-3H3,(H,27,30)/t15-,16-/m0/s1. The highest BCUT2D eigenvalue weighted by molar-refractivity contribution is 9.10. The lowest BCUT2D eigenvalue weighted by atomic mass is 10.1. The molecule has 2 amide bonds. The first-order valence-corrected chi connectivity index (χ1v) is 12.8. The van der Waals surface area contributed by atoms with Crippen LogP contribution in [0.3, 0.4) is 0 Å². The third-order valence-corrected chi connectivity index (χ3v) is 7.11. The van der Waals surface area contributed by atoms with Crippen LogP contribution in [0.5, 0.6) is 0 Å². The average molecular weight is 546 g/mol. The Morgan fingerprint density at radius 3 is 2.48 bits per heavy atom. The van der Waals surface area contributed by atoms with Gasteiger partial charge in [0.15, 0.2) is 0 Å². The Labute approximate surface area is 207 Å². The fourth-order valence-corrected chi connectivity index (χ4v) is 4.47. The van der Waals surface area contributed by atoms with Crippen molar-refractivity contribution in [2.45, 2.75) is 51.6 Å². The second kappa shape index (κ2) is 12.7. The molecule has 2 aromatic rings. The maximum absolute atomic E-state index is 13.1. The minimum absolute atomic E-state index is 0.0572. The van der Waals surface area contributed by atoms with E-state index in [2.05, 4.69) is 21.2 Å². The van der Waals surface area contributed by atoms with Gasteiger partial charge in [0.25, 0.3) is 0 Å². The highest BCUT2D eigenvalue weighted by Gasteiger charge is 2.26. The van der Waals surface area contributed by atoms with E-state index in [1.54, 1.807) is 17.9 Å². The Hall–Kier alpha value is -1.21. The van der Waals surface area contributed by atoms with Crippen molar-refractivity contribution in [1.29, 1.82) is 0 Å². The molecular weight excluding hydrogens is 519 g/mol. The monoisotopic (exact) mass is 544 g/mol. The Morgan fingerprint density at radius 2 is 1.84 bits per heavy atom. The Kier molecular flexibility index (Phi) is 10.7. The lowest BCUT2D eigenvalue weighted by molar-refractivity contribution is -0.138. The summed E-state index contributed by atoms with van der Waals surface area (Å²) in [5, 5.41) is 3.98. The first kappa shape index (κ1) is 26.0. The van der Waals surface area contributed by atoms with E-state index < -0.39 is 6.04 Å². The number of benzene rings is 2. The van der Waals surface area contributed by atoms with Crippen LogP contribution in [-0.4, -0.2) is 34.6 Å². The van der Waals surface area contributed by atoms with E-state index in [-0.39, 0.29) is 23.6 Å². The number of halogens is 3. The highest BCUT2D eigenvalue weighted by Crippen LogP contribution is 2.25. The van der Waals surface area contributed by atoms with Crippen LogP contribution in [0.15, 0.2) is 46.9 Å². The zero-order valence-electron chi connectivity index (χ0n) is 17.8. The predicted octanol–water partition coefficient (Wildman–Crippen LogP) is 6.32. The topological polar surface area (TPSA) is 49.4 Å². The molecule has 8 heteroatoms. The summed E-state index contributed by atoms with van der Waals surface area (Å²) >= 11 is 17.0. The predicted molar refractivity (Wildman–Crippen MR) is 135 cm³/mol. The zero-order chi connectivity index (χ0) is 23.0. The zero-order valence-corrected chi connectivity index (χ0v) is 21.7. The van der Waals surface area contributed by atoms with Crippen molar-refractivity contribution in [3.05, 3.63) is 68.1 Å². The minimum atomic E-state index is -0.578. The molecule has 4 nitrogen and oxygen atoms in total. The molecular formula is C23H27BrCl2N2O2S. The molecule has 0 radical (unpaired) electrons. The molecule has 0 aliphatic rings. The minimum Gasteiger partial charge on any atom is -0.352 e. The van der Waals surface area contributed by atoms with Crippen LogP contribution in [-0.2, 0) is 21.9 Å². The van der Waals surface area contributed by atoms with Crippen LogP contribution >= 0.6 is 50.9 Å². The number of nitrogens with one attached hydrogen (secondary N) is 1. The fourth-order valence-electron chi connectivity index (χ4n) is 2.85. The van der Waals surface area contributed by atoms with Crippen LogP contribution < -0.4 is 5.32 Å². The van der Waals surface area contributed by atoms with Gasteiger partial charge in [0.1, 0.15) is 6.04 Å². The number of amides is 2. The summed E-state index contributed by atoms with van der Waals surface area (Å²) in [5.74, 6) is 0.653. The van der Waals surface area contributed by atoms with Gasteiger partial charge in [-0.05, 0) is 55.7 Å². The molecule has 0 unspecified atom stereocenters. The fraction of sp³-hybridized carbons (Fsp3) is 0.391. The first-order chi connectivity index (χ1) is 14.7. The molecule has 0 heterocycles. The van der Waals surface area contributed by atoms with Gasteiger partial charge in [-0.25, -0.2) is 0 Å². The van der Waals surface area contributed by atoms with Crippen molar-refractivity contribution in [1.82, 2.24) is 10.2 Å². The van der Waals surface area contributed by atoms with Crippen molar-refractivity contribution < 1.29 is 9.59 Å². The van der Waals surface area contributed by atoms with E-state index in [9.17, 15) is 9.59 Å². The number of hydrogen-bond donors (Lipinski definition) is 1. The molecule has 0 bridgehead atoms. The molecule has 0 aliphatic carbocycles. The highest BCUT2D eigenvalue weighted by atomic mass is 79.9. The van der Waals surface area contributed by atoms with E-state index in [4.69, 9.17) is 23.2 Å². The van der Waals surface area contributed by atoms with E-state index in [1.807, 2.05) is 50.2 Å². The van der Waals surface area contributed by atoms with Gasteiger partial charge in [0.2, 0.25) is 11.8 Å². The Morgan fingerprint density at radius 1 is 1.10 bits per heavy atom. The number of rotatable bonds is 10. The Balaban J connectivity index is 2.08.